The fourth-order valence-electron chi connectivity index (χ4n) is 2.17. The van der Waals surface area contributed by atoms with Crippen molar-refractivity contribution < 1.29 is 0 Å². The van der Waals surface area contributed by atoms with Crippen LogP contribution in [0.25, 0.3) is 0 Å². The molecule has 0 radical (unpaired) electrons. The first-order valence-electron chi connectivity index (χ1n) is 7.15. The highest BCUT2D eigenvalue weighted by molar-refractivity contribution is 5.79. The van der Waals surface area contributed by atoms with E-state index in [9.17, 15) is 0 Å². The second kappa shape index (κ2) is 7.47. The molecule has 1 aromatic carbocycles. The second-order valence-electron chi connectivity index (χ2n) is 5.08. The van der Waals surface area contributed by atoms with Gasteiger partial charge < -0.3 is 15.2 Å². The zero-order valence-corrected chi connectivity index (χ0v) is 12.9. The minimum absolute atomic E-state index is 0.775. The van der Waals surface area contributed by atoms with E-state index in [0.717, 1.165) is 25.6 Å². The number of nitrogens with zero attached hydrogens (tertiary/aromatic N) is 3. The first-order valence-corrected chi connectivity index (χ1v) is 7.15. The highest BCUT2D eigenvalue weighted by Gasteiger charge is 2.01. The van der Waals surface area contributed by atoms with Crippen LogP contribution in [-0.4, -0.2) is 29.1 Å². The minimum atomic E-state index is 0.775. The van der Waals surface area contributed by atoms with E-state index in [1.165, 1.54) is 16.7 Å². The van der Waals surface area contributed by atoms with Gasteiger partial charge in [0.25, 0.3) is 0 Å². The van der Waals surface area contributed by atoms with Crippen molar-refractivity contribution in [1.29, 1.82) is 0 Å². The quantitative estimate of drug-likeness (QED) is 0.651. The third kappa shape index (κ3) is 4.63. The summed E-state index contributed by atoms with van der Waals surface area (Å²) in [5.41, 5.74) is 3.88. The summed E-state index contributed by atoms with van der Waals surface area (Å²) in [4.78, 5) is 8.26. The third-order valence-corrected chi connectivity index (χ3v) is 3.39. The molecule has 2 N–H and O–H groups in total. The number of aromatic nitrogens is 2. The number of nitrogens with one attached hydrogen (secondary N) is 2. The average molecular weight is 285 g/mol. The molecule has 2 rings (SSSR count). The molecule has 0 aliphatic heterocycles. The van der Waals surface area contributed by atoms with E-state index in [1.54, 1.807) is 13.2 Å². The Morgan fingerprint density at radius 3 is 2.81 bits per heavy atom. The van der Waals surface area contributed by atoms with E-state index in [-0.39, 0.29) is 0 Å². The second-order valence-corrected chi connectivity index (χ2v) is 5.08. The fraction of sp³-hybridized carbons (Fsp3) is 0.375. The van der Waals surface area contributed by atoms with Crippen molar-refractivity contribution in [2.75, 3.05) is 13.6 Å². The van der Waals surface area contributed by atoms with Gasteiger partial charge in [-0.1, -0.05) is 23.8 Å². The molecule has 0 bridgehead atoms. The van der Waals surface area contributed by atoms with Crippen LogP contribution in [-0.2, 0) is 13.1 Å². The molecule has 0 atom stereocenters. The number of rotatable bonds is 5. The van der Waals surface area contributed by atoms with E-state index in [0.29, 0.717) is 0 Å². The van der Waals surface area contributed by atoms with E-state index < -0.39 is 0 Å². The van der Waals surface area contributed by atoms with Gasteiger partial charge in [0.05, 0.1) is 6.33 Å². The number of benzene rings is 1. The first kappa shape index (κ1) is 15.1. The molecule has 0 fully saturated rings. The zero-order valence-electron chi connectivity index (χ0n) is 12.9. The maximum atomic E-state index is 4.24. The molecule has 0 spiro atoms. The summed E-state index contributed by atoms with van der Waals surface area (Å²) < 4.78 is 2.03. The molecule has 0 saturated heterocycles. The SMILES string of the molecule is CN=C(NCCn1ccnc1)NCc1ccc(C)cc1C. The van der Waals surface area contributed by atoms with Gasteiger partial charge in [0, 0.05) is 39.1 Å². The first-order chi connectivity index (χ1) is 10.2. The van der Waals surface area contributed by atoms with Crippen molar-refractivity contribution in [2.45, 2.75) is 26.9 Å². The lowest BCUT2D eigenvalue weighted by molar-refractivity contribution is 0.661. The third-order valence-electron chi connectivity index (χ3n) is 3.39. The molecule has 1 aromatic heterocycles. The van der Waals surface area contributed by atoms with Crippen molar-refractivity contribution in [1.82, 2.24) is 20.2 Å². The van der Waals surface area contributed by atoms with E-state index in [2.05, 4.69) is 52.7 Å². The van der Waals surface area contributed by atoms with Crippen LogP contribution in [0.2, 0.25) is 0 Å². The molecule has 112 valence electrons. The Hall–Kier alpha value is -2.30. The van der Waals surface area contributed by atoms with E-state index in [4.69, 9.17) is 0 Å². The van der Waals surface area contributed by atoms with E-state index >= 15 is 0 Å². The van der Waals surface area contributed by atoms with Gasteiger partial charge in [-0.2, -0.15) is 0 Å². The number of hydrogen-bond acceptors (Lipinski definition) is 2. The highest BCUT2D eigenvalue weighted by atomic mass is 15.2. The lowest BCUT2D eigenvalue weighted by Gasteiger charge is -2.13. The van der Waals surface area contributed by atoms with E-state index in [1.807, 2.05) is 17.1 Å². The lowest BCUT2D eigenvalue weighted by atomic mass is 10.1. The van der Waals surface area contributed by atoms with Crippen LogP contribution in [0.4, 0.5) is 0 Å². The molecular formula is C16H23N5. The van der Waals surface area contributed by atoms with Crippen LogP contribution >= 0.6 is 0 Å². The van der Waals surface area contributed by atoms with Crippen LogP contribution < -0.4 is 10.6 Å². The van der Waals surface area contributed by atoms with Gasteiger partial charge in [0.15, 0.2) is 5.96 Å². The van der Waals surface area contributed by atoms with Gasteiger partial charge >= 0.3 is 0 Å². The normalized spacial score (nSPS) is 11.5. The van der Waals surface area contributed by atoms with Crippen molar-refractivity contribution in [3.05, 3.63) is 53.6 Å². The molecular weight excluding hydrogens is 262 g/mol. The Morgan fingerprint density at radius 1 is 1.29 bits per heavy atom. The Labute approximate surface area is 126 Å². The Balaban J connectivity index is 1.79. The standard InChI is InChI=1S/C16H23N5/c1-13-4-5-15(14(2)10-13)11-20-16(17-3)19-7-9-21-8-6-18-12-21/h4-6,8,10,12H,7,9,11H2,1-3H3,(H2,17,19,20). The number of hydrogen-bond donors (Lipinski definition) is 2. The molecule has 1 heterocycles. The molecule has 21 heavy (non-hydrogen) atoms. The number of imidazole rings is 1. The maximum absolute atomic E-state index is 4.24. The van der Waals surface area contributed by atoms with Crippen molar-refractivity contribution in [3.8, 4) is 0 Å². The number of aliphatic imine (C=N–C) groups is 1. The Kier molecular flexibility index (Phi) is 5.37. The molecule has 5 heteroatoms. The predicted octanol–water partition coefficient (Wildman–Crippen LogP) is 1.87. The van der Waals surface area contributed by atoms with Crippen LogP contribution in [0.15, 0.2) is 41.9 Å². The summed E-state index contributed by atoms with van der Waals surface area (Å²) in [6, 6.07) is 6.50. The highest BCUT2D eigenvalue weighted by Crippen LogP contribution is 2.09. The summed E-state index contributed by atoms with van der Waals surface area (Å²) in [6.45, 7) is 6.70. The topological polar surface area (TPSA) is 54.2 Å². The predicted molar refractivity (Wildman–Crippen MR) is 86.3 cm³/mol. The van der Waals surface area contributed by atoms with Crippen molar-refractivity contribution in [2.24, 2.45) is 4.99 Å². The molecule has 2 aromatic rings. The molecule has 0 saturated carbocycles. The number of aryl methyl sites for hydroxylation is 2. The Bertz CT molecular complexity index is 587. The van der Waals surface area contributed by atoms with Crippen molar-refractivity contribution in [3.63, 3.8) is 0 Å². The van der Waals surface area contributed by atoms with Crippen LogP contribution in [0, 0.1) is 13.8 Å². The maximum Gasteiger partial charge on any atom is 0.191 e. The zero-order chi connectivity index (χ0) is 15.1. The summed E-state index contributed by atoms with van der Waals surface area (Å²) in [7, 11) is 1.79. The van der Waals surface area contributed by atoms with Crippen LogP contribution in [0.3, 0.4) is 0 Å². The molecule has 0 aliphatic carbocycles. The molecule has 0 aliphatic rings. The van der Waals surface area contributed by atoms with Crippen LogP contribution in [0.5, 0.6) is 0 Å². The molecule has 0 amide bonds. The largest absolute Gasteiger partial charge is 0.355 e. The number of guanidine groups is 1. The molecule has 0 unspecified atom stereocenters. The van der Waals surface area contributed by atoms with Gasteiger partial charge in [0.2, 0.25) is 0 Å². The van der Waals surface area contributed by atoms with Crippen LogP contribution in [0.1, 0.15) is 16.7 Å². The minimum Gasteiger partial charge on any atom is -0.355 e. The Morgan fingerprint density at radius 2 is 2.14 bits per heavy atom. The monoisotopic (exact) mass is 285 g/mol. The fourth-order valence-corrected chi connectivity index (χ4v) is 2.17. The lowest BCUT2D eigenvalue weighted by Crippen LogP contribution is -2.38. The summed E-state index contributed by atoms with van der Waals surface area (Å²) in [6.07, 6.45) is 5.55. The van der Waals surface area contributed by atoms with Gasteiger partial charge in [0.1, 0.15) is 0 Å². The molecule has 5 nitrogen and oxygen atoms in total. The summed E-state index contributed by atoms with van der Waals surface area (Å²) >= 11 is 0. The van der Waals surface area contributed by atoms with Gasteiger partial charge in [-0.05, 0) is 25.0 Å². The van der Waals surface area contributed by atoms with Gasteiger partial charge in [-0.15, -0.1) is 0 Å². The summed E-state index contributed by atoms with van der Waals surface area (Å²) in [5.74, 6) is 0.815. The van der Waals surface area contributed by atoms with Crippen molar-refractivity contribution >= 4 is 5.96 Å². The average Bonchev–Trinajstić information content (AvgIpc) is 2.97. The van der Waals surface area contributed by atoms with Gasteiger partial charge in [-0.25, -0.2) is 4.98 Å². The van der Waals surface area contributed by atoms with Gasteiger partial charge in [-0.3, -0.25) is 4.99 Å². The smallest absolute Gasteiger partial charge is 0.191 e. The summed E-state index contributed by atoms with van der Waals surface area (Å²) in [5, 5.41) is 6.64.